The molecule has 0 radical (unpaired) electrons. The van der Waals surface area contributed by atoms with Crippen LogP contribution in [0.5, 0.6) is 11.5 Å². The summed E-state index contributed by atoms with van der Waals surface area (Å²) in [6.07, 6.45) is 3.33. The van der Waals surface area contributed by atoms with E-state index < -0.39 is 10.0 Å². The lowest BCUT2D eigenvalue weighted by Gasteiger charge is -2.41. The summed E-state index contributed by atoms with van der Waals surface area (Å²) in [6.45, 7) is 4.24. The molecule has 0 saturated heterocycles. The summed E-state index contributed by atoms with van der Waals surface area (Å²) >= 11 is 0. The molecule has 1 aliphatic rings. The fraction of sp³-hybridized carbons (Fsp3) is 0.345. The van der Waals surface area contributed by atoms with E-state index in [1.165, 1.54) is 0 Å². The molecule has 8 heteroatoms. The van der Waals surface area contributed by atoms with Crippen LogP contribution in [-0.4, -0.2) is 32.7 Å². The average Bonchev–Trinajstić information content (AvgIpc) is 2.91. The molecule has 3 aromatic carbocycles. The predicted molar refractivity (Wildman–Crippen MR) is 145 cm³/mol. The SMILES string of the molecule is CCC1(CC)CC(NC(=O)CN(c2ccc(OCc3ccccc3)cc2)S(C)(=O)=O)c2ccccc2O1. The van der Waals surface area contributed by atoms with Crippen LogP contribution < -0.4 is 19.1 Å². The first kappa shape index (κ1) is 26.5. The number of amides is 1. The van der Waals surface area contributed by atoms with Gasteiger partial charge >= 0.3 is 0 Å². The Hall–Kier alpha value is -3.52. The van der Waals surface area contributed by atoms with Crippen LogP contribution in [0.25, 0.3) is 0 Å². The van der Waals surface area contributed by atoms with Crippen LogP contribution in [0.15, 0.2) is 78.9 Å². The van der Waals surface area contributed by atoms with Crippen LogP contribution in [-0.2, 0) is 21.4 Å². The zero-order chi connectivity index (χ0) is 26.5. The van der Waals surface area contributed by atoms with Crippen molar-refractivity contribution in [3.63, 3.8) is 0 Å². The summed E-state index contributed by atoms with van der Waals surface area (Å²) in [7, 11) is -3.71. The Bertz CT molecular complexity index is 1310. The van der Waals surface area contributed by atoms with E-state index in [0.29, 0.717) is 24.5 Å². The Morgan fingerprint density at radius 1 is 1.00 bits per heavy atom. The van der Waals surface area contributed by atoms with Crippen molar-refractivity contribution in [3.05, 3.63) is 90.0 Å². The van der Waals surface area contributed by atoms with Crippen LogP contribution in [0.1, 0.15) is 50.3 Å². The standard InChI is InChI=1S/C29H34N2O5S/c1-4-29(5-2)19-26(25-13-9-10-14-27(25)36-29)30-28(32)20-31(37(3,33)34)23-15-17-24(18-16-23)35-21-22-11-7-6-8-12-22/h6-18,26H,4-5,19-21H2,1-3H3,(H,30,32). The van der Waals surface area contributed by atoms with Crippen LogP contribution in [0.4, 0.5) is 5.69 Å². The number of para-hydroxylation sites is 1. The Balaban J connectivity index is 1.47. The Morgan fingerprint density at radius 2 is 1.65 bits per heavy atom. The molecule has 1 aliphatic heterocycles. The average molecular weight is 523 g/mol. The summed E-state index contributed by atoms with van der Waals surface area (Å²) < 4.78 is 38.5. The highest BCUT2D eigenvalue weighted by atomic mass is 32.2. The molecule has 0 aliphatic carbocycles. The third-order valence-electron chi connectivity index (χ3n) is 6.88. The van der Waals surface area contributed by atoms with E-state index in [-0.39, 0.29) is 24.1 Å². The van der Waals surface area contributed by atoms with Gasteiger partial charge in [-0.05, 0) is 48.7 Å². The van der Waals surface area contributed by atoms with Gasteiger partial charge < -0.3 is 14.8 Å². The Morgan fingerprint density at radius 3 is 2.30 bits per heavy atom. The molecule has 1 amide bonds. The van der Waals surface area contributed by atoms with Gasteiger partial charge in [0.1, 0.15) is 30.3 Å². The highest BCUT2D eigenvalue weighted by molar-refractivity contribution is 7.92. The number of anilines is 1. The largest absolute Gasteiger partial charge is 0.489 e. The van der Waals surface area contributed by atoms with Gasteiger partial charge in [-0.3, -0.25) is 9.10 Å². The van der Waals surface area contributed by atoms with Gasteiger partial charge in [-0.1, -0.05) is 62.4 Å². The van der Waals surface area contributed by atoms with Crippen molar-refractivity contribution >= 4 is 21.6 Å². The van der Waals surface area contributed by atoms with Gasteiger partial charge in [0, 0.05) is 12.0 Å². The van der Waals surface area contributed by atoms with E-state index in [1.807, 2.05) is 54.6 Å². The lowest BCUT2D eigenvalue weighted by Crippen LogP contribution is -2.47. The molecule has 0 spiro atoms. The molecular formula is C29H34N2O5S. The van der Waals surface area contributed by atoms with Crippen molar-refractivity contribution < 1.29 is 22.7 Å². The molecule has 7 nitrogen and oxygen atoms in total. The predicted octanol–water partition coefficient (Wildman–Crippen LogP) is 5.23. The third-order valence-corrected chi connectivity index (χ3v) is 8.02. The van der Waals surface area contributed by atoms with Crippen molar-refractivity contribution in [1.82, 2.24) is 5.32 Å². The van der Waals surface area contributed by atoms with Gasteiger partial charge in [0.25, 0.3) is 0 Å². The van der Waals surface area contributed by atoms with E-state index in [4.69, 9.17) is 9.47 Å². The smallest absolute Gasteiger partial charge is 0.241 e. The number of hydrogen-bond donors (Lipinski definition) is 1. The summed E-state index contributed by atoms with van der Waals surface area (Å²) in [5.74, 6) is 0.992. The number of nitrogens with one attached hydrogen (secondary N) is 1. The molecule has 3 aromatic rings. The van der Waals surface area contributed by atoms with Crippen molar-refractivity contribution in [2.45, 2.75) is 51.4 Å². The van der Waals surface area contributed by atoms with Gasteiger partial charge in [0.15, 0.2) is 0 Å². The highest BCUT2D eigenvalue weighted by Gasteiger charge is 2.39. The van der Waals surface area contributed by atoms with Gasteiger partial charge in [-0.25, -0.2) is 8.42 Å². The van der Waals surface area contributed by atoms with Crippen LogP contribution >= 0.6 is 0 Å². The zero-order valence-corrected chi connectivity index (χ0v) is 22.3. The van der Waals surface area contributed by atoms with E-state index >= 15 is 0 Å². The van der Waals surface area contributed by atoms with Gasteiger partial charge in [-0.15, -0.1) is 0 Å². The Kier molecular flexibility index (Phi) is 8.07. The number of sulfonamides is 1. The maximum atomic E-state index is 13.2. The molecule has 1 atom stereocenters. The van der Waals surface area contributed by atoms with Crippen molar-refractivity contribution in [2.75, 3.05) is 17.1 Å². The lowest BCUT2D eigenvalue weighted by atomic mass is 9.83. The van der Waals surface area contributed by atoms with Crippen LogP contribution in [0, 0.1) is 0 Å². The second-order valence-corrected chi connectivity index (χ2v) is 11.3. The summed E-state index contributed by atoms with van der Waals surface area (Å²) in [4.78, 5) is 13.2. The van der Waals surface area contributed by atoms with Crippen molar-refractivity contribution in [1.29, 1.82) is 0 Å². The molecule has 1 unspecified atom stereocenters. The number of benzene rings is 3. The van der Waals surface area contributed by atoms with E-state index in [9.17, 15) is 13.2 Å². The minimum absolute atomic E-state index is 0.271. The first-order valence-electron chi connectivity index (χ1n) is 12.5. The number of nitrogens with zero attached hydrogens (tertiary/aromatic N) is 1. The topological polar surface area (TPSA) is 84.9 Å². The zero-order valence-electron chi connectivity index (χ0n) is 21.5. The number of ether oxygens (including phenoxy) is 2. The first-order valence-corrected chi connectivity index (χ1v) is 14.4. The molecule has 1 heterocycles. The van der Waals surface area contributed by atoms with Gasteiger partial charge in [0.05, 0.1) is 18.0 Å². The van der Waals surface area contributed by atoms with Crippen molar-refractivity contribution in [2.24, 2.45) is 0 Å². The Labute approximate surface area is 219 Å². The third kappa shape index (κ3) is 6.43. The monoisotopic (exact) mass is 522 g/mol. The normalized spacial score (nSPS) is 16.2. The first-order chi connectivity index (χ1) is 17.7. The van der Waals surface area contributed by atoms with E-state index in [0.717, 1.165) is 40.3 Å². The lowest BCUT2D eigenvalue weighted by molar-refractivity contribution is -0.121. The number of carbonyl (C=O) groups excluding carboxylic acids is 1. The minimum Gasteiger partial charge on any atom is -0.489 e. The molecule has 0 saturated carbocycles. The fourth-order valence-electron chi connectivity index (χ4n) is 4.65. The molecule has 0 aromatic heterocycles. The number of carbonyl (C=O) groups is 1. The van der Waals surface area contributed by atoms with E-state index in [2.05, 4.69) is 19.2 Å². The number of fused-ring (bicyclic) bond motifs is 1. The quantitative estimate of drug-likeness (QED) is 0.394. The molecule has 4 rings (SSSR count). The molecule has 196 valence electrons. The molecular weight excluding hydrogens is 488 g/mol. The summed E-state index contributed by atoms with van der Waals surface area (Å²) in [6, 6.07) is 23.9. The fourth-order valence-corrected chi connectivity index (χ4v) is 5.51. The van der Waals surface area contributed by atoms with Gasteiger partial charge in [0.2, 0.25) is 15.9 Å². The van der Waals surface area contributed by atoms with E-state index in [1.54, 1.807) is 24.3 Å². The second kappa shape index (κ2) is 11.3. The number of hydrogen-bond acceptors (Lipinski definition) is 5. The molecule has 37 heavy (non-hydrogen) atoms. The summed E-state index contributed by atoms with van der Waals surface area (Å²) in [5.41, 5.74) is 1.96. The molecule has 0 bridgehead atoms. The molecule has 0 fully saturated rings. The van der Waals surface area contributed by atoms with Gasteiger partial charge in [-0.2, -0.15) is 0 Å². The molecule has 1 N–H and O–H groups in total. The van der Waals surface area contributed by atoms with Crippen LogP contribution in [0.2, 0.25) is 0 Å². The highest BCUT2D eigenvalue weighted by Crippen LogP contribution is 2.42. The summed E-state index contributed by atoms with van der Waals surface area (Å²) in [5, 5.41) is 3.07. The maximum Gasteiger partial charge on any atom is 0.241 e. The second-order valence-electron chi connectivity index (χ2n) is 9.39. The van der Waals surface area contributed by atoms with Crippen molar-refractivity contribution in [3.8, 4) is 11.5 Å². The maximum absolute atomic E-state index is 13.2. The van der Waals surface area contributed by atoms with Crippen LogP contribution in [0.3, 0.4) is 0 Å². The number of rotatable bonds is 10. The minimum atomic E-state index is -3.71.